The number of rotatable bonds is 6. The van der Waals surface area contributed by atoms with Crippen molar-refractivity contribution in [2.45, 2.75) is 32.2 Å². The van der Waals surface area contributed by atoms with Gasteiger partial charge in [0.1, 0.15) is 11.4 Å². The Morgan fingerprint density at radius 3 is 2.86 bits per heavy atom. The summed E-state index contributed by atoms with van der Waals surface area (Å²) in [7, 11) is 1.68. The maximum Gasteiger partial charge on any atom is 0.270 e. The number of ketones is 1. The second-order valence-corrected chi connectivity index (χ2v) is 8.31. The topological polar surface area (TPSA) is 91.1 Å². The van der Waals surface area contributed by atoms with Crippen LogP contribution in [0.25, 0.3) is 10.9 Å². The van der Waals surface area contributed by atoms with Gasteiger partial charge in [-0.2, -0.15) is 5.10 Å². The summed E-state index contributed by atoms with van der Waals surface area (Å²) >= 11 is 0. The maximum absolute atomic E-state index is 13.1. The predicted octanol–water partition coefficient (Wildman–Crippen LogP) is 3.09. The zero-order valence-corrected chi connectivity index (χ0v) is 16.5. The van der Waals surface area contributed by atoms with Crippen LogP contribution >= 0.6 is 0 Å². The van der Waals surface area contributed by atoms with Crippen molar-refractivity contribution in [1.82, 2.24) is 20.1 Å². The Morgan fingerprint density at radius 2 is 2.10 bits per heavy atom. The molecule has 3 aromatic rings. The number of hydrogen-bond donors (Lipinski definition) is 2. The fourth-order valence-corrected chi connectivity index (χ4v) is 4.34. The molecule has 0 saturated heterocycles. The number of para-hydroxylation sites is 1. The van der Waals surface area contributed by atoms with Crippen molar-refractivity contribution < 1.29 is 14.3 Å². The fraction of sp³-hybridized carbons (Fsp3) is 0.409. The lowest BCUT2D eigenvalue weighted by Crippen LogP contribution is -2.36. The number of aromatic amines is 2. The normalized spacial score (nSPS) is 17.3. The first kappa shape index (κ1) is 18.1. The lowest BCUT2D eigenvalue weighted by Gasteiger charge is -2.26. The molecule has 1 aromatic carbocycles. The van der Waals surface area contributed by atoms with E-state index in [2.05, 4.69) is 15.2 Å². The van der Waals surface area contributed by atoms with E-state index >= 15 is 0 Å². The Bertz CT molecular complexity index is 1060. The van der Waals surface area contributed by atoms with Gasteiger partial charge in [-0.25, -0.2) is 0 Å². The highest BCUT2D eigenvalue weighted by atomic mass is 16.5. The number of Topliss-reactive ketones (excluding diaryl/α,β-unsaturated/α-hetero) is 1. The van der Waals surface area contributed by atoms with Gasteiger partial charge in [0.2, 0.25) is 0 Å². The van der Waals surface area contributed by atoms with E-state index in [1.807, 2.05) is 30.3 Å². The SMILES string of the molecule is COCC1(CC(=O)c2n[nH]c3c2CN(C(=O)c2cc4ccccc4[nH]2)CC3)CC1. The summed E-state index contributed by atoms with van der Waals surface area (Å²) in [6, 6.07) is 9.73. The summed E-state index contributed by atoms with van der Waals surface area (Å²) in [6.45, 7) is 1.61. The Labute approximate surface area is 168 Å². The number of fused-ring (bicyclic) bond motifs is 2. The van der Waals surface area contributed by atoms with Crippen LogP contribution in [-0.4, -0.2) is 52.0 Å². The Balaban J connectivity index is 1.35. The van der Waals surface area contributed by atoms with E-state index in [9.17, 15) is 9.59 Å². The molecule has 1 amide bonds. The molecule has 0 bridgehead atoms. The molecule has 0 unspecified atom stereocenters. The molecule has 1 saturated carbocycles. The molecule has 7 heteroatoms. The number of carbonyl (C=O) groups is 2. The van der Waals surface area contributed by atoms with Crippen LogP contribution in [0.4, 0.5) is 0 Å². The molecule has 3 heterocycles. The van der Waals surface area contributed by atoms with Crippen molar-refractivity contribution in [3.05, 3.63) is 53.0 Å². The minimum absolute atomic E-state index is 0.0216. The third kappa shape index (κ3) is 3.25. The molecule has 2 aliphatic rings. The summed E-state index contributed by atoms with van der Waals surface area (Å²) < 4.78 is 5.29. The first-order valence-electron chi connectivity index (χ1n) is 10.0. The number of aromatic nitrogens is 3. The monoisotopic (exact) mass is 392 g/mol. The highest BCUT2D eigenvalue weighted by Crippen LogP contribution is 2.49. The van der Waals surface area contributed by atoms with E-state index in [1.165, 1.54) is 0 Å². The molecule has 0 radical (unpaired) electrons. The molecule has 2 aromatic heterocycles. The van der Waals surface area contributed by atoms with Crippen molar-refractivity contribution in [3.63, 3.8) is 0 Å². The average Bonchev–Trinajstić information content (AvgIpc) is 3.17. The Kier molecular flexibility index (Phi) is 4.28. The lowest BCUT2D eigenvalue weighted by atomic mass is 9.95. The average molecular weight is 392 g/mol. The number of nitrogens with one attached hydrogen (secondary N) is 2. The number of methoxy groups -OCH3 is 1. The molecular weight excluding hydrogens is 368 g/mol. The van der Waals surface area contributed by atoms with Crippen LogP contribution in [0.1, 0.15) is 51.5 Å². The van der Waals surface area contributed by atoms with Crippen LogP contribution in [0, 0.1) is 5.41 Å². The van der Waals surface area contributed by atoms with Gasteiger partial charge in [-0.05, 0) is 25.0 Å². The maximum atomic E-state index is 13.1. The number of H-pyrrole nitrogens is 2. The largest absolute Gasteiger partial charge is 0.384 e. The minimum Gasteiger partial charge on any atom is -0.384 e. The zero-order valence-electron chi connectivity index (χ0n) is 16.5. The summed E-state index contributed by atoms with van der Waals surface area (Å²) in [4.78, 5) is 31.0. The van der Waals surface area contributed by atoms with E-state index in [1.54, 1.807) is 12.0 Å². The first-order chi connectivity index (χ1) is 14.1. The van der Waals surface area contributed by atoms with E-state index in [0.29, 0.717) is 43.9 Å². The molecule has 2 N–H and O–H groups in total. The number of hydrogen-bond acceptors (Lipinski definition) is 4. The van der Waals surface area contributed by atoms with Gasteiger partial charge in [0.25, 0.3) is 5.91 Å². The summed E-state index contributed by atoms with van der Waals surface area (Å²) in [5.74, 6) is -0.0125. The molecule has 0 spiro atoms. The third-order valence-corrected chi connectivity index (χ3v) is 6.19. The van der Waals surface area contributed by atoms with E-state index < -0.39 is 0 Å². The highest BCUT2D eigenvalue weighted by Gasteiger charge is 2.45. The summed E-state index contributed by atoms with van der Waals surface area (Å²) in [5, 5.41) is 8.34. The van der Waals surface area contributed by atoms with Crippen molar-refractivity contribution in [3.8, 4) is 0 Å². The fourth-order valence-electron chi connectivity index (χ4n) is 4.34. The Morgan fingerprint density at radius 1 is 1.28 bits per heavy atom. The van der Waals surface area contributed by atoms with E-state index in [4.69, 9.17) is 4.74 Å². The van der Waals surface area contributed by atoms with Crippen LogP contribution < -0.4 is 0 Å². The van der Waals surface area contributed by atoms with Gasteiger partial charge in [0.15, 0.2) is 5.78 Å². The van der Waals surface area contributed by atoms with Gasteiger partial charge in [-0.3, -0.25) is 14.7 Å². The first-order valence-corrected chi connectivity index (χ1v) is 10.0. The van der Waals surface area contributed by atoms with Crippen LogP contribution in [-0.2, 0) is 17.7 Å². The van der Waals surface area contributed by atoms with Crippen molar-refractivity contribution in [2.24, 2.45) is 5.41 Å². The molecule has 0 atom stereocenters. The van der Waals surface area contributed by atoms with E-state index in [0.717, 1.165) is 35.0 Å². The molecule has 150 valence electrons. The van der Waals surface area contributed by atoms with Gasteiger partial charge in [0, 0.05) is 54.1 Å². The standard InChI is InChI=1S/C22H24N4O3/c1-29-13-22(7-8-22)11-19(27)20-15-12-26(9-6-17(15)24-25-20)21(28)18-10-14-4-2-3-5-16(14)23-18/h2-5,10,23H,6-9,11-13H2,1H3,(H,24,25). The predicted molar refractivity (Wildman–Crippen MR) is 108 cm³/mol. The lowest BCUT2D eigenvalue weighted by molar-refractivity contribution is 0.0725. The van der Waals surface area contributed by atoms with Crippen LogP contribution in [0.5, 0.6) is 0 Å². The van der Waals surface area contributed by atoms with Crippen LogP contribution in [0.15, 0.2) is 30.3 Å². The number of benzene rings is 1. The van der Waals surface area contributed by atoms with Gasteiger partial charge in [-0.15, -0.1) is 0 Å². The van der Waals surface area contributed by atoms with Crippen molar-refractivity contribution >= 4 is 22.6 Å². The van der Waals surface area contributed by atoms with Crippen LogP contribution in [0.3, 0.4) is 0 Å². The molecule has 7 nitrogen and oxygen atoms in total. The number of amides is 1. The minimum atomic E-state index is -0.0514. The second-order valence-electron chi connectivity index (χ2n) is 8.31. The molecule has 1 fully saturated rings. The smallest absolute Gasteiger partial charge is 0.270 e. The molecular formula is C22H24N4O3. The van der Waals surface area contributed by atoms with Crippen molar-refractivity contribution in [1.29, 1.82) is 0 Å². The highest BCUT2D eigenvalue weighted by molar-refractivity contribution is 5.99. The van der Waals surface area contributed by atoms with E-state index in [-0.39, 0.29) is 17.1 Å². The van der Waals surface area contributed by atoms with Crippen LogP contribution in [0.2, 0.25) is 0 Å². The Hall–Kier alpha value is -2.93. The second kappa shape index (κ2) is 6.84. The number of nitrogens with zero attached hydrogens (tertiary/aromatic N) is 2. The summed E-state index contributed by atoms with van der Waals surface area (Å²) in [5.41, 5.74) is 3.80. The quantitative estimate of drug-likeness (QED) is 0.631. The molecule has 5 rings (SSSR count). The van der Waals surface area contributed by atoms with Gasteiger partial charge >= 0.3 is 0 Å². The number of carbonyl (C=O) groups excluding carboxylic acids is 2. The van der Waals surface area contributed by atoms with Crippen molar-refractivity contribution in [2.75, 3.05) is 20.3 Å². The third-order valence-electron chi connectivity index (χ3n) is 6.19. The molecule has 1 aliphatic carbocycles. The summed E-state index contributed by atoms with van der Waals surface area (Å²) in [6.07, 6.45) is 3.16. The number of ether oxygens (including phenoxy) is 1. The van der Waals surface area contributed by atoms with Gasteiger partial charge in [-0.1, -0.05) is 18.2 Å². The van der Waals surface area contributed by atoms with Gasteiger partial charge < -0.3 is 14.6 Å². The van der Waals surface area contributed by atoms with Gasteiger partial charge in [0.05, 0.1) is 13.2 Å². The molecule has 29 heavy (non-hydrogen) atoms. The molecule has 1 aliphatic heterocycles. The zero-order chi connectivity index (χ0) is 20.0.